The summed E-state index contributed by atoms with van der Waals surface area (Å²) in [6.07, 6.45) is 5.39. The number of hydrogen-bond acceptors (Lipinski definition) is 2. The zero-order chi connectivity index (χ0) is 18.5. The van der Waals surface area contributed by atoms with Gasteiger partial charge >= 0.3 is 5.97 Å². The number of benzene rings is 2. The van der Waals surface area contributed by atoms with Gasteiger partial charge in [-0.2, -0.15) is 0 Å². The van der Waals surface area contributed by atoms with Crippen LogP contribution in [0.3, 0.4) is 0 Å². The minimum atomic E-state index is -0.836. The fourth-order valence-corrected chi connectivity index (χ4v) is 3.18. The van der Waals surface area contributed by atoms with Gasteiger partial charge in [-0.25, -0.2) is 8.78 Å². The van der Waals surface area contributed by atoms with Crippen LogP contribution in [0.25, 0.3) is 6.08 Å². The van der Waals surface area contributed by atoms with Crippen molar-refractivity contribution in [1.82, 2.24) is 4.90 Å². The Labute approximate surface area is 151 Å². The van der Waals surface area contributed by atoms with Gasteiger partial charge in [0, 0.05) is 26.1 Å². The number of carbonyl (C=O) groups is 1. The van der Waals surface area contributed by atoms with Crippen molar-refractivity contribution in [2.24, 2.45) is 0 Å². The third kappa shape index (κ3) is 4.76. The summed E-state index contributed by atoms with van der Waals surface area (Å²) in [7, 11) is 0. The number of halogens is 2. The average Bonchev–Trinajstić information content (AvgIpc) is 2.63. The number of rotatable bonds is 6. The molecule has 2 aromatic carbocycles. The Morgan fingerprint density at radius 2 is 1.96 bits per heavy atom. The zero-order valence-electron chi connectivity index (χ0n) is 14.4. The van der Waals surface area contributed by atoms with Crippen molar-refractivity contribution >= 4 is 12.0 Å². The molecule has 0 amide bonds. The normalized spacial score (nSPS) is 14.5. The van der Waals surface area contributed by atoms with E-state index in [-0.39, 0.29) is 6.42 Å². The highest BCUT2D eigenvalue weighted by atomic mass is 19.2. The van der Waals surface area contributed by atoms with Gasteiger partial charge in [-0.15, -0.1) is 0 Å². The highest BCUT2D eigenvalue weighted by Crippen LogP contribution is 2.21. The Kier molecular flexibility index (Phi) is 5.78. The van der Waals surface area contributed by atoms with E-state index in [9.17, 15) is 13.6 Å². The summed E-state index contributed by atoms with van der Waals surface area (Å²) in [6, 6.07) is 10.1. The van der Waals surface area contributed by atoms with Gasteiger partial charge in [0.15, 0.2) is 11.6 Å². The molecule has 2 aromatic rings. The Hall–Kier alpha value is -2.53. The van der Waals surface area contributed by atoms with E-state index in [0.29, 0.717) is 12.0 Å². The van der Waals surface area contributed by atoms with Crippen LogP contribution in [-0.4, -0.2) is 29.1 Å². The van der Waals surface area contributed by atoms with Crippen molar-refractivity contribution in [3.63, 3.8) is 0 Å². The van der Waals surface area contributed by atoms with Crippen LogP contribution >= 0.6 is 0 Å². The van der Waals surface area contributed by atoms with Gasteiger partial charge in [0.2, 0.25) is 0 Å². The first kappa shape index (κ1) is 18.3. The van der Waals surface area contributed by atoms with Crippen molar-refractivity contribution in [3.05, 3.63) is 76.4 Å². The van der Waals surface area contributed by atoms with Gasteiger partial charge in [0.05, 0.1) is 0 Å². The second-order valence-electron chi connectivity index (χ2n) is 6.56. The van der Waals surface area contributed by atoms with Crippen LogP contribution in [0.15, 0.2) is 42.5 Å². The molecular weight excluding hydrogens is 336 g/mol. The molecule has 0 unspecified atom stereocenters. The first-order chi connectivity index (χ1) is 12.5. The van der Waals surface area contributed by atoms with Crippen LogP contribution < -0.4 is 0 Å². The minimum absolute atomic E-state index is 0.152. The second kappa shape index (κ2) is 8.23. The van der Waals surface area contributed by atoms with E-state index in [1.807, 2.05) is 12.1 Å². The molecule has 3 nitrogen and oxygen atoms in total. The summed E-state index contributed by atoms with van der Waals surface area (Å²) in [5.74, 6) is -2.45. The lowest BCUT2D eigenvalue weighted by atomic mass is 9.96. The molecule has 0 aliphatic carbocycles. The molecule has 0 atom stereocenters. The zero-order valence-corrected chi connectivity index (χ0v) is 14.4. The van der Waals surface area contributed by atoms with Crippen LogP contribution in [-0.2, 0) is 24.2 Å². The number of nitrogens with zero attached hydrogens (tertiary/aromatic N) is 1. The first-order valence-electron chi connectivity index (χ1n) is 8.67. The van der Waals surface area contributed by atoms with E-state index in [1.165, 1.54) is 17.2 Å². The molecule has 26 heavy (non-hydrogen) atoms. The van der Waals surface area contributed by atoms with E-state index in [4.69, 9.17) is 5.11 Å². The van der Waals surface area contributed by atoms with E-state index in [0.717, 1.165) is 37.7 Å². The molecule has 3 rings (SSSR count). The number of aliphatic carboxylic acids is 1. The molecule has 0 spiro atoms. The third-order valence-corrected chi connectivity index (χ3v) is 4.61. The monoisotopic (exact) mass is 357 g/mol. The Balaban J connectivity index is 1.57. The molecule has 0 saturated carbocycles. The van der Waals surface area contributed by atoms with Crippen LogP contribution in [0.5, 0.6) is 0 Å². The van der Waals surface area contributed by atoms with Crippen LogP contribution in [0.4, 0.5) is 8.78 Å². The van der Waals surface area contributed by atoms with Gasteiger partial charge in [-0.1, -0.05) is 36.4 Å². The smallest absolute Gasteiger partial charge is 0.303 e. The summed E-state index contributed by atoms with van der Waals surface area (Å²) in [4.78, 5) is 13.0. The first-order valence-corrected chi connectivity index (χ1v) is 8.67. The van der Waals surface area contributed by atoms with E-state index >= 15 is 0 Å². The maximum absolute atomic E-state index is 13.2. The number of aryl methyl sites for hydroxylation is 1. The summed E-state index contributed by atoms with van der Waals surface area (Å²) < 4.78 is 26.1. The number of carboxylic acids is 1. The van der Waals surface area contributed by atoms with Gasteiger partial charge in [-0.05, 0) is 47.2 Å². The molecule has 1 heterocycles. The summed E-state index contributed by atoms with van der Waals surface area (Å²) >= 11 is 0. The lowest BCUT2D eigenvalue weighted by molar-refractivity contribution is -0.136. The van der Waals surface area contributed by atoms with Gasteiger partial charge < -0.3 is 5.11 Å². The largest absolute Gasteiger partial charge is 0.481 e. The molecule has 1 N–H and O–H groups in total. The number of carboxylic acid groups (broad SMARTS) is 1. The minimum Gasteiger partial charge on any atom is -0.481 e. The maximum atomic E-state index is 13.2. The lowest BCUT2D eigenvalue weighted by Gasteiger charge is -2.28. The topological polar surface area (TPSA) is 40.5 Å². The molecule has 0 radical (unpaired) electrons. The fourth-order valence-electron chi connectivity index (χ4n) is 3.18. The number of hydrogen-bond donors (Lipinski definition) is 1. The quantitative estimate of drug-likeness (QED) is 0.848. The predicted octanol–water partition coefficient (Wildman–Crippen LogP) is 4.05. The predicted molar refractivity (Wildman–Crippen MR) is 96.8 cm³/mol. The van der Waals surface area contributed by atoms with Crippen molar-refractivity contribution in [2.45, 2.75) is 25.8 Å². The third-order valence-electron chi connectivity index (χ3n) is 4.61. The molecule has 1 aliphatic rings. The van der Waals surface area contributed by atoms with E-state index in [2.05, 4.69) is 17.0 Å². The standard InChI is InChI=1S/C21H21F2NO2/c22-19-7-4-15(13-20(19)23)2-1-10-24-11-9-17-12-16(5-8-21(25)26)3-6-18(17)14-24/h1-4,6-7,12-13H,5,8-11,14H2,(H,25,26)/b2-1+. The van der Waals surface area contributed by atoms with Crippen molar-refractivity contribution in [1.29, 1.82) is 0 Å². The van der Waals surface area contributed by atoms with Gasteiger partial charge in [0.1, 0.15) is 0 Å². The van der Waals surface area contributed by atoms with Crippen LogP contribution in [0, 0.1) is 11.6 Å². The molecule has 136 valence electrons. The molecule has 0 aromatic heterocycles. The molecule has 0 bridgehead atoms. The van der Waals surface area contributed by atoms with E-state index in [1.54, 1.807) is 12.1 Å². The maximum Gasteiger partial charge on any atom is 0.303 e. The molecule has 5 heteroatoms. The molecule has 0 saturated heterocycles. The van der Waals surface area contributed by atoms with Crippen molar-refractivity contribution in [3.8, 4) is 0 Å². The highest BCUT2D eigenvalue weighted by molar-refractivity contribution is 5.67. The average molecular weight is 357 g/mol. The van der Waals surface area contributed by atoms with Gasteiger partial charge in [0.25, 0.3) is 0 Å². The summed E-state index contributed by atoms with van der Waals surface area (Å²) in [5.41, 5.74) is 4.26. The van der Waals surface area contributed by atoms with Crippen molar-refractivity contribution < 1.29 is 18.7 Å². The van der Waals surface area contributed by atoms with Crippen LogP contribution in [0.1, 0.15) is 28.7 Å². The summed E-state index contributed by atoms with van der Waals surface area (Å²) in [6.45, 7) is 2.48. The lowest BCUT2D eigenvalue weighted by Crippen LogP contribution is -2.30. The highest BCUT2D eigenvalue weighted by Gasteiger charge is 2.15. The Bertz CT molecular complexity index is 833. The van der Waals surface area contributed by atoms with Crippen LogP contribution in [0.2, 0.25) is 0 Å². The van der Waals surface area contributed by atoms with Gasteiger partial charge in [-0.3, -0.25) is 9.69 Å². The molecular formula is C21H21F2NO2. The number of fused-ring (bicyclic) bond motifs is 1. The SMILES string of the molecule is O=C(O)CCc1ccc2c(c1)CCN(C/C=C/c1ccc(F)c(F)c1)C2. The Morgan fingerprint density at radius 1 is 1.12 bits per heavy atom. The van der Waals surface area contributed by atoms with Crippen molar-refractivity contribution in [2.75, 3.05) is 13.1 Å². The second-order valence-corrected chi connectivity index (χ2v) is 6.56. The van der Waals surface area contributed by atoms with E-state index < -0.39 is 17.6 Å². The summed E-state index contributed by atoms with van der Waals surface area (Å²) in [5, 5.41) is 8.79. The fraction of sp³-hybridized carbons (Fsp3) is 0.286. The Morgan fingerprint density at radius 3 is 2.73 bits per heavy atom. The molecule has 0 fully saturated rings. The molecule has 1 aliphatic heterocycles.